The number of rotatable bonds is 8. The highest BCUT2D eigenvalue weighted by molar-refractivity contribution is 7.98. The Kier molecular flexibility index (Phi) is 8.05. The van der Waals surface area contributed by atoms with Crippen LogP contribution < -0.4 is 15.2 Å². The summed E-state index contributed by atoms with van der Waals surface area (Å²) >= 11 is 0.995. The van der Waals surface area contributed by atoms with Gasteiger partial charge in [0, 0.05) is 43.6 Å². The third kappa shape index (κ3) is 6.28. The zero-order chi connectivity index (χ0) is 24.2. The minimum Gasteiger partial charge on any atom is -0.481 e. The maximum Gasteiger partial charge on any atom is 0.302 e. The summed E-state index contributed by atoms with van der Waals surface area (Å²) in [5.74, 6) is -2.09. The van der Waals surface area contributed by atoms with E-state index in [4.69, 9.17) is 10.5 Å². The number of carbonyl (C=O) groups is 1. The van der Waals surface area contributed by atoms with Gasteiger partial charge in [-0.3, -0.25) is 9.52 Å². The average Bonchev–Trinajstić information content (AvgIpc) is 2.79. The number of aromatic nitrogens is 2. The normalized spacial score (nSPS) is 15.8. The van der Waals surface area contributed by atoms with E-state index in [0.717, 1.165) is 17.8 Å². The summed E-state index contributed by atoms with van der Waals surface area (Å²) < 4.78 is 61.6. The summed E-state index contributed by atoms with van der Waals surface area (Å²) in [6.07, 6.45) is 0. The molecule has 0 aliphatic carbocycles. The van der Waals surface area contributed by atoms with Crippen molar-refractivity contribution in [2.45, 2.75) is 23.9 Å². The number of amides is 1. The topological polar surface area (TPSA) is 131 Å². The fraction of sp³-hybridized carbons (Fsp3) is 0.421. The first kappa shape index (κ1) is 25.1. The molecule has 33 heavy (non-hydrogen) atoms. The Balaban J connectivity index is 1.70. The molecule has 180 valence electrons. The number of carbonyl (C=O) groups excluding carboxylic acids is 1. The van der Waals surface area contributed by atoms with Crippen LogP contribution in [-0.4, -0.2) is 72.8 Å². The van der Waals surface area contributed by atoms with E-state index in [1.54, 1.807) is 6.92 Å². The summed E-state index contributed by atoms with van der Waals surface area (Å²) in [6, 6.07) is 4.49. The van der Waals surface area contributed by atoms with E-state index in [9.17, 15) is 22.0 Å². The number of ether oxygens (including phenoxy) is 1. The van der Waals surface area contributed by atoms with Crippen molar-refractivity contribution < 1.29 is 26.7 Å². The van der Waals surface area contributed by atoms with E-state index in [1.807, 2.05) is 0 Å². The lowest BCUT2D eigenvalue weighted by Crippen LogP contribution is -2.54. The third-order valence-electron chi connectivity index (χ3n) is 4.79. The Morgan fingerprint density at radius 3 is 2.61 bits per heavy atom. The van der Waals surface area contributed by atoms with Gasteiger partial charge in [-0.05, 0) is 13.0 Å². The molecule has 2 aromatic rings. The number of halogens is 2. The number of thioether (sulfide) groups is 1. The molecule has 14 heteroatoms. The van der Waals surface area contributed by atoms with Crippen LogP contribution in [0.2, 0.25) is 0 Å². The maximum absolute atomic E-state index is 13.9. The van der Waals surface area contributed by atoms with Crippen LogP contribution in [0.5, 0.6) is 5.88 Å². The van der Waals surface area contributed by atoms with Crippen molar-refractivity contribution in [2.75, 3.05) is 38.0 Å². The number of benzene rings is 1. The minimum absolute atomic E-state index is 0.0263. The van der Waals surface area contributed by atoms with Gasteiger partial charge in [0.25, 0.3) is 0 Å². The van der Waals surface area contributed by atoms with Crippen molar-refractivity contribution in [3.05, 3.63) is 41.5 Å². The van der Waals surface area contributed by atoms with Gasteiger partial charge >= 0.3 is 10.2 Å². The molecule has 0 saturated carbocycles. The molecule has 1 aliphatic rings. The molecule has 1 atom stereocenters. The molecule has 10 nitrogen and oxygen atoms in total. The number of nitrogens with two attached hydrogens (primary N) is 1. The quantitative estimate of drug-likeness (QED) is 0.407. The second-order valence-electron chi connectivity index (χ2n) is 7.20. The Morgan fingerprint density at radius 1 is 1.27 bits per heavy atom. The Hall–Kier alpha value is -2.55. The standard InChI is InChI=1S/C19H24F2N6O4S2/c1-12(22)18(28)26-6-8-27(9-7-26)33(29,30)25-15-10-16(31-2)24-19(23-15)32-11-13-4-3-5-14(20)17(13)21/h3-5,10,12H,6-9,11,22H2,1-2H3,(H,23,24,25)/t12-/m0/s1. The molecule has 0 spiro atoms. The van der Waals surface area contributed by atoms with Gasteiger partial charge in [0.2, 0.25) is 11.8 Å². The smallest absolute Gasteiger partial charge is 0.302 e. The van der Waals surface area contributed by atoms with Crippen LogP contribution in [0.3, 0.4) is 0 Å². The molecule has 1 aliphatic heterocycles. The van der Waals surface area contributed by atoms with Crippen LogP contribution in [0, 0.1) is 11.6 Å². The number of nitrogens with one attached hydrogen (secondary N) is 1. The molecule has 3 rings (SSSR count). The Labute approximate surface area is 194 Å². The van der Waals surface area contributed by atoms with E-state index in [2.05, 4.69) is 14.7 Å². The van der Waals surface area contributed by atoms with Gasteiger partial charge < -0.3 is 15.4 Å². The monoisotopic (exact) mass is 502 g/mol. The zero-order valence-corrected chi connectivity index (χ0v) is 19.6. The molecular weight excluding hydrogens is 478 g/mol. The van der Waals surface area contributed by atoms with Gasteiger partial charge in [-0.2, -0.15) is 17.7 Å². The SMILES string of the molecule is COc1cc(NS(=O)(=O)N2CCN(C(=O)[C@H](C)N)CC2)nc(SCc2cccc(F)c2F)n1. The second-order valence-corrected chi connectivity index (χ2v) is 9.81. The first-order valence-electron chi connectivity index (χ1n) is 9.91. The average molecular weight is 503 g/mol. The van der Waals surface area contributed by atoms with E-state index in [-0.39, 0.29) is 60.3 Å². The summed E-state index contributed by atoms with van der Waals surface area (Å²) in [5, 5.41) is 0.114. The highest BCUT2D eigenvalue weighted by atomic mass is 32.2. The number of nitrogens with zero attached hydrogens (tertiary/aromatic N) is 4. The van der Waals surface area contributed by atoms with Gasteiger partial charge in [-0.15, -0.1) is 0 Å². The summed E-state index contributed by atoms with van der Waals surface area (Å²) in [7, 11) is -2.62. The molecule has 0 bridgehead atoms. The van der Waals surface area contributed by atoms with E-state index in [0.29, 0.717) is 0 Å². The lowest BCUT2D eigenvalue weighted by molar-refractivity contribution is -0.133. The van der Waals surface area contributed by atoms with Crippen LogP contribution in [-0.2, 0) is 20.8 Å². The lowest BCUT2D eigenvalue weighted by atomic mass is 10.2. The highest BCUT2D eigenvalue weighted by Gasteiger charge is 2.30. The Morgan fingerprint density at radius 2 is 1.97 bits per heavy atom. The van der Waals surface area contributed by atoms with Crippen LogP contribution in [0.25, 0.3) is 0 Å². The van der Waals surface area contributed by atoms with E-state index < -0.39 is 27.9 Å². The van der Waals surface area contributed by atoms with Crippen molar-refractivity contribution in [3.63, 3.8) is 0 Å². The molecule has 0 unspecified atom stereocenters. The lowest BCUT2D eigenvalue weighted by Gasteiger charge is -2.34. The van der Waals surface area contributed by atoms with Gasteiger partial charge in [-0.1, -0.05) is 23.9 Å². The van der Waals surface area contributed by atoms with Gasteiger partial charge in [0.05, 0.1) is 13.2 Å². The van der Waals surface area contributed by atoms with Crippen LogP contribution in [0.4, 0.5) is 14.6 Å². The fourth-order valence-electron chi connectivity index (χ4n) is 3.06. The van der Waals surface area contributed by atoms with Crippen LogP contribution in [0.15, 0.2) is 29.4 Å². The van der Waals surface area contributed by atoms with Crippen molar-refractivity contribution in [3.8, 4) is 5.88 Å². The largest absolute Gasteiger partial charge is 0.481 e. The minimum atomic E-state index is -3.98. The second kappa shape index (κ2) is 10.6. The number of methoxy groups -OCH3 is 1. The molecular formula is C19H24F2N6O4S2. The van der Waals surface area contributed by atoms with Crippen molar-refractivity contribution >= 4 is 33.7 Å². The van der Waals surface area contributed by atoms with Crippen LogP contribution in [0.1, 0.15) is 12.5 Å². The van der Waals surface area contributed by atoms with Gasteiger partial charge in [0.1, 0.15) is 5.82 Å². The summed E-state index contributed by atoms with van der Waals surface area (Å²) in [5.41, 5.74) is 5.72. The van der Waals surface area contributed by atoms with Gasteiger partial charge in [-0.25, -0.2) is 13.8 Å². The van der Waals surface area contributed by atoms with E-state index >= 15 is 0 Å². The first-order chi connectivity index (χ1) is 15.6. The number of hydrogen-bond acceptors (Lipinski definition) is 8. The molecule has 1 aromatic carbocycles. The number of anilines is 1. The molecule has 1 fully saturated rings. The number of hydrogen-bond donors (Lipinski definition) is 2. The molecule has 0 radical (unpaired) electrons. The predicted molar refractivity (Wildman–Crippen MR) is 119 cm³/mol. The summed E-state index contributed by atoms with van der Waals surface area (Å²) in [6.45, 7) is 2.20. The summed E-state index contributed by atoms with van der Waals surface area (Å²) in [4.78, 5) is 21.8. The van der Waals surface area contributed by atoms with Crippen molar-refractivity contribution in [1.29, 1.82) is 0 Å². The predicted octanol–water partition coefficient (Wildman–Crippen LogP) is 1.20. The Bertz CT molecular complexity index is 1110. The molecule has 2 heterocycles. The third-order valence-corrected chi connectivity index (χ3v) is 7.20. The van der Waals surface area contributed by atoms with Crippen molar-refractivity contribution in [1.82, 2.24) is 19.2 Å². The molecule has 1 aromatic heterocycles. The van der Waals surface area contributed by atoms with E-state index in [1.165, 1.54) is 34.5 Å². The highest BCUT2D eigenvalue weighted by Crippen LogP contribution is 2.26. The van der Waals surface area contributed by atoms with Crippen LogP contribution >= 0.6 is 11.8 Å². The molecule has 1 saturated heterocycles. The maximum atomic E-state index is 13.9. The number of piperazine rings is 1. The van der Waals surface area contributed by atoms with Gasteiger partial charge in [0.15, 0.2) is 16.8 Å². The van der Waals surface area contributed by atoms with Crippen molar-refractivity contribution in [2.24, 2.45) is 5.73 Å². The molecule has 1 amide bonds. The zero-order valence-electron chi connectivity index (χ0n) is 18.0. The molecule has 3 N–H and O–H groups in total. The fourth-order valence-corrected chi connectivity index (χ4v) is 5.03. The first-order valence-corrected chi connectivity index (χ1v) is 12.3.